The second-order valence-electron chi connectivity index (χ2n) is 5.13. The van der Waals surface area contributed by atoms with Gasteiger partial charge in [0.15, 0.2) is 0 Å². The van der Waals surface area contributed by atoms with Crippen LogP contribution in [0.3, 0.4) is 0 Å². The van der Waals surface area contributed by atoms with Crippen molar-refractivity contribution in [3.8, 4) is 0 Å². The number of hydrogen-bond acceptors (Lipinski definition) is 3. The number of carbonyl (C=O) groups is 1. The minimum absolute atomic E-state index is 0.0956. The van der Waals surface area contributed by atoms with Gasteiger partial charge in [0, 0.05) is 25.0 Å². The lowest BCUT2D eigenvalue weighted by Gasteiger charge is -2.34. The molecule has 1 heterocycles. The van der Waals surface area contributed by atoms with Gasteiger partial charge in [0.25, 0.3) is 0 Å². The van der Waals surface area contributed by atoms with E-state index in [2.05, 4.69) is 0 Å². The molecule has 0 saturated carbocycles. The topological polar surface area (TPSA) is 72.3 Å². The standard InChI is InChI=1S/C14H20FN3O/c1-9(16)11-3-2-4-12(15)13(11)18-7-5-10(6-8-18)14(17)19/h2-4,9-10H,5-8,16H2,1H3,(H2,17,19)/t9-/m1/s1. The van der Waals surface area contributed by atoms with Gasteiger partial charge in [0.05, 0.1) is 5.69 Å². The minimum atomic E-state index is -0.263. The summed E-state index contributed by atoms with van der Waals surface area (Å²) < 4.78 is 14.1. The van der Waals surface area contributed by atoms with Gasteiger partial charge in [-0.25, -0.2) is 4.39 Å². The molecule has 0 spiro atoms. The van der Waals surface area contributed by atoms with Gasteiger partial charge in [0.2, 0.25) is 5.91 Å². The number of anilines is 1. The first-order valence-corrected chi connectivity index (χ1v) is 6.59. The third kappa shape index (κ3) is 2.87. The quantitative estimate of drug-likeness (QED) is 0.871. The first kappa shape index (κ1) is 13.8. The highest BCUT2D eigenvalue weighted by Crippen LogP contribution is 2.31. The van der Waals surface area contributed by atoms with Gasteiger partial charge < -0.3 is 16.4 Å². The van der Waals surface area contributed by atoms with Gasteiger partial charge in [-0.1, -0.05) is 12.1 Å². The van der Waals surface area contributed by atoms with Crippen molar-refractivity contribution < 1.29 is 9.18 Å². The summed E-state index contributed by atoms with van der Waals surface area (Å²) in [6.07, 6.45) is 1.34. The molecule has 4 nitrogen and oxygen atoms in total. The van der Waals surface area contributed by atoms with E-state index in [1.54, 1.807) is 6.07 Å². The Balaban J connectivity index is 2.22. The second kappa shape index (κ2) is 5.57. The fourth-order valence-electron chi connectivity index (χ4n) is 2.62. The SMILES string of the molecule is C[C@@H](N)c1cccc(F)c1N1CCC(C(N)=O)CC1. The molecule has 0 aliphatic carbocycles. The largest absolute Gasteiger partial charge is 0.369 e. The van der Waals surface area contributed by atoms with E-state index < -0.39 is 0 Å². The summed E-state index contributed by atoms with van der Waals surface area (Å²) in [7, 11) is 0. The Kier molecular flexibility index (Phi) is 4.04. The lowest BCUT2D eigenvalue weighted by atomic mass is 9.94. The molecule has 0 bridgehead atoms. The third-order valence-electron chi connectivity index (χ3n) is 3.72. The molecule has 2 rings (SSSR count). The predicted octanol–water partition coefficient (Wildman–Crippen LogP) is 1.55. The number of benzene rings is 1. The highest BCUT2D eigenvalue weighted by molar-refractivity contribution is 5.77. The zero-order valence-corrected chi connectivity index (χ0v) is 11.1. The Morgan fingerprint density at radius 1 is 1.42 bits per heavy atom. The van der Waals surface area contributed by atoms with E-state index in [4.69, 9.17) is 11.5 Å². The molecule has 0 aromatic heterocycles. The van der Waals surface area contributed by atoms with Crippen molar-refractivity contribution >= 4 is 11.6 Å². The van der Waals surface area contributed by atoms with Crippen LogP contribution in [-0.4, -0.2) is 19.0 Å². The van der Waals surface area contributed by atoms with E-state index in [1.165, 1.54) is 6.07 Å². The molecule has 1 atom stereocenters. The Bertz CT molecular complexity index is 468. The molecule has 104 valence electrons. The fourth-order valence-corrected chi connectivity index (χ4v) is 2.62. The first-order chi connectivity index (χ1) is 9.00. The number of amides is 1. The maximum atomic E-state index is 14.1. The molecule has 1 fully saturated rings. The number of halogens is 1. The molecule has 19 heavy (non-hydrogen) atoms. The van der Waals surface area contributed by atoms with E-state index >= 15 is 0 Å². The summed E-state index contributed by atoms with van der Waals surface area (Å²) in [4.78, 5) is 13.1. The first-order valence-electron chi connectivity index (χ1n) is 6.59. The van der Waals surface area contributed by atoms with Crippen LogP contribution in [0.25, 0.3) is 0 Å². The van der Waals surface area contributed by atoms with E-state index in [-0.39, 0.29) is 23.7 Å². The molecular formula is C14H20FN3O. The second-order valence-corrected chi connectivity index (χ2v) is 5.13. The van der Waals surface area contributed by atoms with Crippen LogP contribution in [0.15, 0.2) is 18.2 Å². The van der Waals surface area contributed by atoms with Crippen LogP contribution in [0.5, 0.6) is 0 Å². The van der Waals surface area contributed by atoms with Crippen molar-refractivity contribution in [3.05, 3.63) is 29.6 Å². The van der Waals surface area contributed by atoms with Gasteiger partial charge in [-0.15, -0.1) is 0 Å². The number of nitrogens with zero attached hydrogens (tertiary/aromatic N) is 1. The zero-order valence-electron chi connectivity index (χ0n) is 11.1. The van der Waals surface area contributed by atoms with Crippen LogP contribution < -0.4 is 16.4 Å². The van der Waals surface area contributed by atoms with Crippen molar-refractivity contribution in [2.75, 3.05) is 18.0 Å². The minimum Gasteiger partial charge on any atom is -0.369 e. The average molecular weight is 265 g/mol. The lowest BCUT2D eigenvalue weighted by Crippen LogP contribution is -2.39. The Morgan fingerprint density at radius 3 is 2.58 bits per heavy atom. The molecule has 1 aromatic rings. The number of primary amides is 1. The van der Waals surface area contributed by atoms with Crippen LogP contribution in [-0.2, 0) is 4.79 Å². The fraction of sp³-hybridized carbons (Fsp3) is 0.500. The summed E-state index contributed by atoms with van der Waals surface area (Å²) >= 11 is 0. The normalized spacial score (nSPS) is 18.4. The molecule has 0 unspecified atom stereocenters. The zero-order chi connectivity index (χ0) is 14.0. The summed E-state index contributed by atoms with van der Waals surface area (Å²) in [5.74, 6) is -0.616. The number of carbonyl (C=O) groups excluding carboxylic acids is 1. The lowest BCUT2D eigenvalue weighted by molar-refractivity contribution is -0.122. The van der Waals surface area contributed by atoms with Crippen LogP contribution in [0.1, 0.15) is 31.4 Å². The number of piperidine rings is 1. The molecule has 1 aliphatic heterocycles. The number of hydrogen-bond donors (Lipinski definition) is 2. The van der Waals surface area contributed by atoms with Crippen molar-refractivity contribution in [3.63, 3.8) is 0 Å². The molecule has 1 aromatic carbocycles. The van der Waals surface area contributed by atoms with Crippen molar-refractivity contribution in [2.24, 2.45) is 17.4 Å². The predicted molar refractivity (Wildman–Crippen MR) is 73.1 cm³/mol. The van der Waals surface area contributed by atoms with Crippen molar-refractivity contribution in [1.29, 1.82) is 0 Å². The van der Waals surface area contributed by atoms with E-state index in [0.29, 0.717) is 31.6 Å². The number of nitrogens with two attached hydrogens (primary N) is 2. The molecule has 4 N–H and O–H groups in total. The van der Waals surface area contributed by atoms with Crippen molar-refractivity contribution in [1.82, 2.24) is 0 Å². The van der Waals surface area contributed by atoms with Gasteiger partial charge in [0.1, 0.15) is 5.82 Å². The molecule has 1 saturated heterocycles. The Labute approximate surface area is 112 Å². The molecule has 1 aliphatic rings. The summed E-state index contributed by atoms with van der Waals surface area (Å²) in [5, 5.41) is 0. The van der Waals surface area contributed by atoms with E-state index in [0.717, 1.165) is 5.56 Å². The molecule has 1 amide bonds. The molecule has 0 radical (unpaired) electrons. The maximum Gasteiger partial charge on any atom is 0.220 e. The van der Waals surface area contributed by atoms with Crippen molar-refractivity contribution in [2.45, 2.75) is 25.8 Å². The van der Waals surface area contributed by atoms with E-state index in [1.807, 2.05) is 17.9 Å². The van der Waals surface area contributed by atoms with Crippen LogP contribution >= 0.6 is 0 Å². The number of para-hydroxylation sites is 1. The highest BCUT2D eigenvalue weighted by Gasteiger charge is 2.26. The van der Waals surface area contributed by atoms with Crippen LogP contribution in [0.4, 0.5) is 10.1 Å². The van der Waals surface area contributed by atoms with Crippen LogP contribution in [0.2, 0.25) is 0 Å². The van der Waals surface area contributed by atoms with Gasteiger partial charge in [-0.3, -0.25) is 4.79 Å². The maximum absolute atomic E-state index is 14.1. The Morgan fingerprint density at radius 2 is 2.05 bits per heavy atom. The number of rotatable bonds is 3. The molecule has 5 heteroatoms. The molecular weight excluding hydrogens is 245 g/mol. The smallest absolute Gasteiger partial charge is 0.220 e. The van der Waals surface area contributed by atoms with E-state index in [9.17, 15) is 9.18 Å². The average Bonchev–Trinajstić information content (AvgIpc) is 2.38. The summed E-state index contributed by atoms with van der Waals surface area (Å²) in [6.45, 7) is 3.11. The Hall–Kier alpha value is -1.62. The van der Waals surface area contributed by atoms with Gasteiger partial charge in [-0.05, 0) is 31.4 Å². The van der Waals surface area contributed by atoms with Crippen LogP contribution in [0, 0.1) is 11.7 Å². The van der Waals surface area contributed by atoms with Gasteiger partial charge in [-0.2, -0.15) is 0 Å². The third-order valence-corrected chi connectivity index (χ3v) is 3.72. The summed E-state index contributed by atoms with van der Waals surface area (Å²) in [6, 6.07) is 4.75. The summed E-state index contributed by atoms with van der Waals surface area (Å²) in [5.41, 5.74) is 12.6. The van der Waals surface area contributed by atoms with Gasteiger partial charge >= 0.3 is 0 Å². The monoisotopic (exact) mass is 265 g/mol. The highest BCUT2D eigenvalue weighted by atomic mass is 19.1.